The van der Waals surface area contributed by atoms with Crippen molar-refractivity contribution in [2.75, 3.05) is 31.1 Å². The summed E-state index contributed by atoms with van der Waals surface area (Å²) in [4.78, 5) is 9.45. The van der Waals surface area contributed by atoms with Crippen LogP contribution in [-0.2, 0) is 6.42 Å². The van der Waals surface area contributed by atoms with Crippen molar-refractivity contribution in [1.29, 1.82) is 0 Å². The van der Waals surface area contributed by atoms with Gasteiger partial charge in [0.05, 0.1) is 5.52 Å². The maximum atomic E-state index is 11.0. The Hall–Kier alpha value is -3.38. The molecule has 4 aliphatic rings. The molecule has 1 aromatic heterocycles. The standard InChI is InChI=1S/C33H32ClN3O2/c34-24-9-11-31-32(17-24)35-14-13-33(31)39-21-28(38)20-36-18-27-7-3-2-6-26(36)19-37(27)25-10-12-30-23(16-25)15-22-5-1-4-8-29(22)30/h1-5,8-14,16-17,26-28,38H,6-7,15,18-21H2/t26-,27-,28-/m0/s1. The molecule has 0 unspecified atom stereocenters. The summed E-state index contributed by atoms with van der Waals surface area (Å²) in [6.07, 6.45) is 8.80. The van der Waals surface area contributed by atoms with E-state index in [0.29, 0.717) is 23.7 Å². The minimum atomic E-state index is -0.586. The summed E-state index contributed by atoms with van der Waals surface area (Å²) in [5.74, 6) is 0.720. The molecular formula is C33H32ClN3O2. The number of fused-ring (bicyclic) bond motifs is 8. The molecule has 1 fully saturated rings. The largest absolute Gasteiger partial charge is 0.490 e. The summed E-state index contributed by atoms with van der Waals surface area (Å²) in [6.45, 7) is 2.72. The second kappa shape index (κ2) is 10.3. The maximum absolute atomic E-state index is 11.0. The van der Waals surface area contributed by atoms with Gasteiger partial charge in [0.15, 0.2) is 0 Å². The van der Waals surface area contributed by atoms with Crippen LogP contribution in [0.5, 0.6) is 5.75 Å². The van der Waals surface area contributed by atoms with E-state index in [-0.39, 0.29) is 6.61 Å². The Morgan fingerprint density at radius 1 is 0.923 bits per heavy atom. The lowest BCUT2D eigenvalue weighted by atomic mass is 9.95. The minimum absolute atomic E-state index is 0.237. The summed E-state index contributed by atoms with van der Waals surface area (Å²) in [5, 5.41) is 12.6. The maximum Gasteiger partial charge on any atom is 0.130 e. The van der Waals surface area contributed by atoms with E-state index in [1.807, 2.05) is 24.3 Å². The third-order valence-electron chi connectivity index (χ3n) is 8.44. The Kier molecular flexibility index (Phi) is 6.51. The van der Waals surface area contributed by atoms with Crippen LogP contribution in [0.2, 0.25) is 5.02 Å². The summed E-state index contributed by atoms with van der Waals surface area (Å²) in [5.41, 5.74) is 7.71. The van der Waals surface area contributed by atoms with Crippen LogP contribution in [0.1, 0.15) is 24.0 Å². The SMILES string of the molecule is O[C@H](COc1ccnc2cc(Cl)ccc12)CN1C[C@@H]2CC=CC[C@H]1CN2c1ccc2c(c1)Cc1ccccc1-2. The monoisotopic (exact) mass is 537 g/mol. The molecule has 0 amide bonds. The fraction of sp³-hybridized carbons (Fsp3) is 0.303. The molecule has 0 saturated carbocycles. The highest BCUT2D eigenvalue weighted by atomic mass is 35.5. The molecule has 39 heavy (non-hydrogen) atoms. The average Bonchev–Trinajstić information content (AvgIpc) is 3.30. The number of benzene rings is 3. The zero-order valence-corrected chi connectivity index (χ0v) is 22.6. The minimum Gasteiger partial charge on any atom is -0.490 e. The molecule has 1 N–H and O–H groups in total. The number of halogens is 1. The smallest absolute Gasteiger partial charge is 0.130 e. The number of aromatic nitrogens is 1. The highest BCUT2D eigenvalue weighted by molar-refractivity contribution is 6.31. The second-order valence-electron chi connectivity index (χ2n) is 11.0. The normalized spacial score (nSPS) is 20.9. The summed E-state index contributed by atoms with van der Waals surface area (Å²) in [6, 6.07) is 23.9. The lowest BCUT2D eigenvalue weighted by molar-refractivity contribution is 0.0408. The Morgan fingerprint density at radius 2 is 1.77 bits per heavy atom. The van der Waals surface area contributed by atoms with Gasteiger partial charge in [0.1, 0.15) is 18.5 Å². The van der Waals surface area contributed by atoms with E-state index in [1.165, 1.54) is 27.9 Å². The molecule has 3 aromatic carbocycles. The molecule has 0 spiro atoms. The number of pyridine rings is 1. The lowest BCUT2D eigenvalue weighted by Crippen LogP contribution is -2.60. The van der Waals surface area contributed by atoms with E-state index < -0.39 is 6.10 Å². The van der Waals surface area contributed by atoms with Crippen molar-refractivity contribution < 1.29 is 9.84 Å². The molecule has 1 saturated heterocycles. The molecule has 0 radical (unpaired) electrons. The number of ether oxygens (including phenoxy) is 1. The fourth-order valence-corrected chi connectivity index (χ4v) is 6.69. The lowest BCUT2D eigenvalue weighted by Gasteiger charge is -2.49. The topological polar surface area (TPSA) is 48.8 Å². The van der Waals surface area contributed by atoms with E-state index in [2.05, 4.69) is 69.4 Å². The summed E-state index contributed by atoms with van der Waals surface area (Å²) in [7, 11) is 0. The van der Waals surface area contributed by atoms with Crippen LogP contribution in [0, 0.1) is 0 Å². The number of anilines is 1. The van der Waals surface area contributed by atoms with Crippen molar-refractivity contribution in [1.82, 2.24) is 9.88 Å². The van der Waals surface area contributed by atoms with Gasteiger partial charge in [0.25, 0.3) is 0 Å². The molecule has 6 heteroatoms. The van der Waals surface area contributed by atoms with E-state index >= 15 is 0 Å². The van der Waals surface area contributed by atoms with Crippen molar-refractivity contribution in [3.63, 3.8) is 0 Å². The summed E-state index contributed by atoms with van der Waals surface area (Å²) >= 11 is 6.12. The summed E-state index contributed by atoms with van der Waals surface area (Å²) < 4.78 is 6.07. The molecule has 2 bridgehead atoms. The number of aliphatic hydroxyl groups is 1. The highest BCUT2D eigenvalue weighted by Gasteiger charge is 2.35. The Bertz CT molecular complexity index is 1550. The zero-order valence-electron chi connectivity index (χ0n) is 21.8. The molecule has 198 valence electrons. The second-order valence-corrected chi connectivity index (χ2v) is 11.4. The molecule has 4 heterocycles. The van der Waals surface area contributed by atoms with Crippen molar-refractivity contribution in [3.8, 4) is 16.9 Å². The van der Waals surface area contributed by atoms with Gasteiger partial charge in [-0.1, -0.05) is 54.1 Å². The van der Waals surface area contributed by atoms with Crippen molar-refractivity contribution in [3.05, 3.63) is 101 Å². The first-order chi connectivity index (χ1) is 19.1. The molecule has 4 aromatic rings. The quantitative estimate of drug-likeness (QED) is 0.265. The number of hydrogen-bond donors (Lipinski definition) is 1. The van der Waals surface area contributed by atoms with Crippen molar-refractivity contribution >= 4 is 28.2 Å². The van der Waals surface area contributed by atoms with Gasteiger partial charge in [0.2, 0.25) is 0 Å². The third kappa shape index (κ3) is 4.80. The van der Waals surface area contributed by atoms with Crippen LogP contribution in [0.4, 0.5) is 5.69 Å². The van der Waals surface area contributed by atoms with Crippen molar-refractivity contribution in [2.24, 2.45) is 0 Å². The van der Waals surface area contributed by atoms with Crippen LogP contribution in [0.3, 0.4) is 0 Å². The molecule has 8 rings (SSSR count). The van der Waals surface area contributed by atoms with Gasteiger partial charge in [0, 0.05) is 54.0 Å². The third-order valence-corrected chi connectivity index (χ3v) is 8.68. The van der Waals surface area contributed by atoms with E-state index in [0.717, 1.165) is 49.0 Å². The number of hydrogen-bond acceptors (Lipinski definition) is 5. The zero-order chi connectivity index (χ0) is 26.3. The predicted octanol–water partition coefficient (Wildman–Crippen LogP) is 6.11. The van der Waals surface area contributed by atoms with Gasteiger partial charge in [-0.25, -0.2) is 0 Å². The van der Waals surface area contributed by atoms with E-state index in [9.17, 15) is 5.11 Å². The van der Waals surface area contributed by atoms with E-state index in [4.69, 9.17) is 16.3 Å². The molecule has 3 aliphatic heterocycles. The van der Waals surface area contributed by atoms with Gasteiger partial charge in [-0.05, 0) is 77.9 Å². The van der Waals surface area contributed by atoms with Crippen LogP contribution in [0.15, 0.2) is 85.1 Å². The molecule has 1 aliphatic carbocycles. The van der Waals surface area contributed by atoms with Crippen LogP contribution in [0.25, 0.3) is 22.0 Å². The van der Waals surface area contributed by atoms with Gasteiger partial charge in [-0.15, -0.1) is 0 Å². The number of nitrogens with zero attached hydrogens (tertiary/aromatic N) is 3. The predicted molar refractivity (Wildman–Crippen MR) is 158 cm³/mol. The van der Waals surface area contributed by atoms with Crippen LogP contribution >= 0.6 is 11.6 Å². The first-order valence-corrected chi connectivity index (χ1v) is 14.2. The highest BCUT2D eigenvalue weighted by Crippen LogP contribution is 2.39. The molecular weight excluding hydrogens is 506 g/mol. The van der Waals surface area contributed by atoms with E-state index in [1.54, 1.807) is 6.20 Å². The van der Waals surface area contributed by atoms with Gasteiger partial charge >= 0.3 is 0 Å². The number of piperazine rings is 1. The van der Waals surface area contributed by atoms with Gasteiger partial charge in [-0.2, -0.15) is 0 Å². The van der Waals surface area contributed by atoms with Crippen LogP contribution < -0.4 is 9.64 Å². The average molecular weight is 538 g/mol. The fourth-order valence-electron chi connectivity index (χ4n) is 6.52. The Morgan fingerprint density at radius 3 is 2.69 bits per heavy atom. The number of aliphatic hydroxyl groups excluding tert-OH is 1. The first-order valence-electron chi connectivity index (χ1n) is 13.8. The molecule has 3 atom stereocenters. The first kappa shape index (κ1) is 24.6. The van der Waals surface area contributed by atoms with Crippen LogP contribution in [-0.4, -0.2) is 59.4 Å². The molecule has 5 nitrogen and oxygen atoms in total. The Balaban J connectivity index is 1.04. The van der Waals surface area contributed by atoms with Gasteiger partial charge < -0.3 is 14.7 Å². The number of rotatable bonds is 6. The Labute approximate surface area is 234 Å². The van der Waals surface area contributed by atoms with Gasteiger partial charge in [-0.3, -0.25) is 9.88 Å². The van der Waals surface area contributed by atoms with Crippen molar-refractivity contribution in [2.45, 2.75) is 37.5 Å².